The maximum atomic E-state index is 12.6. The fourth-order valence-corrected chi connectivity index (χ4v) is 3.88. The van der Waals surface area contributed by atoms with Crippen LogP contribution in [0.2, 0.25) is 0 Å². The van der Waals surface area contributed by atoms with E-state index < -0.39 is 0 Å². The van der Waals surface area contributed by atoms with Gasteiger partial charge in [0.1, 0.15) is 5.75 Å². The van der Waals surface area contributed by atoms with Gasteiger partial charge in [-0.3, -0.25) is 14.5 Å². The summed E-state index contributed by atoms with van der Waals surface area (Å²) in [4.78, 5) is 26.6. The molecule has 1 fully saturated rings. The van der Waals surface area contributed by atoms with Crippen LogP contribution in [0.5, 0.6) is 5.75 Å². The van der Waals surface area contributed by atoms with E-state index in [0.717, 1.165) is 33.1 Å². The number of hydrogen-bond donors (Lipinski definition) is 0. The Morgan fingerprint density at radius 1 is 1.15 bits per heavy atom. The van der Waals surface area contributed by atoms with Crippen LogP contribution in [0, 0.1) is 5.92 Å². The lowest BCUT2D eigenvalue weighted by Crippen LogP contribution is -2.27. The first-order valence-electron chi connectivity index (χ1n) is 8.65. The highest BCUT2D eigenvalue weighted by molar-refractivity contribution is 9.10. The predicted octanol–water partition coefficient (Wildman–Crippen LogP) is 5.72. The normalized spacial score (nSPS) is 15.9. The van der Waals surface area contributed by atoms with Gasteiger partial charge in [0, 0.05) is 0 Å². The minimum absolute atomic E-state index is 0.244. The Labute approximate surface area is 171 Å². The van der Waals surface area contributed by atoms with Crippen molar-refractivity contribution in [3.05, 3.63) is 69.0 Å². The number of nitrogens with zero attached hydrogens (tertiary/aromatic N) is 1. The second kappa shape index (κ2) is 8.76. The number of thioether (sulfide) groups is 1. The summed E-state index contributed by atoms with van der Waals surface area (Å²) < 4.78 is 6.56. The Morgan fingerprint density at radius 2 is 1.89 bits per heavy atom. The van der Waals surface area contributed by atoms with E-state index in [1.54, 1.807) is 6.08 Å². The highest BCUT2D eigenvalue weighted by atomic mass is 79.9. The maximum absolute atomic E-state index is 12.6. The molecule has 0 aromatic heterocycles. The van der Waals surface area contributed by atoms with Crippen LogP contribution in [0.3, 0.4) is 0 Å². The first kappa shape index (κ1) is 19.7. The minimum atomic E-state index is -0.259. The number of amides is 2. The molecule has 0 bridgehead atoms. The van der Waals surface area contributed by atoms with Crippen molar-refractivity contribution in [1.29, 1.82) is 0 Å². The first-order chi connectivity index (χ1) is 12.9. The number of carbonyl (C=O) groups excluding carboxylic acids is 2. The summed E-state index contributed by atoms with van der Waals surface area (Å²) in [6.07, 6.45) is 1.74. The zero-order chi connectivity index (χ0) is 19.4. The lowest BCUT2D eigenvalue weighted by Gasteiger charge is -2.12. The Bertz CT molecular complexity index is 880. The topological polar surface area (TPSA) is 46.6 Å². The van der Waals surface area contributed by atoms with Crippen LogP contribution in [0.4, 0.5) is 4.79 Å². The van der Waals surface area contributed by atoms with Gasteiger partial charge < -0.3 is 4.74 Å². The van der Waals surface area contributed by atoms with Crippen LogP contribution in [-0.2, 0) is 11.3 Å². The Kier molecular flexibility index (Phi) is 6.39. The summed E-state index contributed by atoms with van der Waals surface area (Å²) in [5.74, 6) is 0.941. The summed E-state index contributed by atoms with van der Waals surface area (Å²) >= 11 is 4.48. The SMILES string of the molecule is CC(C)COc1ccc(/C=C2/SC(=O)N(Cc3ccccc3)C2=O)cc1Br. The molecule has 1 saturated heterocycles. The largest absolute Gasteiger partial charge is 0.492 e. The van der Waals surface area contributed by atoms with Gasteiger partial charge in [-0.1, -0.05) is 50.2 Å². The zero-order valence-corrected chi connectivity index (χ0v) is 17.5. The van der Waals surface area contributed by atoms with Gasteiger partial charge in [0.05, 0.1) is 22.5 Å². The molecule has 0 N–H and O–H groups in total. The van der Waals surface area contributed by atoms with Crippen LogP contribution >= 0.6 is 27.7 Å². The molecule has 0 saturated carbocycles. The number of hydrogen-bond acceptors (Lipinski definition) is 4. The minimum Gasteiger partial charge on any atom is -0.492 e. The van der Waals surface area contributed by atoms with Gasteiger partial charge in [-0.15, -0.1) is 0 Å². The van der Waals surface area contributed by atoms with Crippen molar-refractivity contribution in [2.24, 2.45) is 5.92 Å². The molecule has 140 valence electrons. The highest BCUT2D eigenvalue weighted by Gasteiger charge is 2.34. The molecule has 0 radical (unpaired) electrons. The van der Waals surface area contributed by atoms with Crippen molar-refractivity contribution >= 4 is 44.9 Å². The molecule has 2 amide bonds. The first-order valence-corrected chi connectivity index (χ1v) is 10.3. The smallest absolute Gasteiger partial charge is 0.293 e. The molecule has 3 rings (SSSR count). The fourth-order valence-electron chi connectivity index (χ4n) is 2.53. The van der Waals surface area contributed by atoms with Crippen LogP contribution in [-0.4, -0.2) is 22.7 Å². The second-order valence-electron chi connectivity index (χ2n) is 6.65. The highest BCUT2D eigenvalue weighted by Crippen LogP contribution is 2.34. The average molecular weight is 446 g/mol. The van der Waals surface area contributed by atoms with Gasteiger partial charge in [-0.25, -0.2) is 0 Å². The third-order valence-corrected chi connectivity index (χ3v) is 5.41. The number of benzene rings is 2. The molecule has 4 nitrogen and oxygen atoms in total. The molecule has 0 unspecified atom stereocenters. The Hall–Kier alpha value is -2.05. The zero-order valence-electron chi connectivity index (χ0n) is 15.1. The van der Waals surface area contributed by atoms with Crippen molar-refractivity contribution in [3.8, 4) is 5.75 Å². The van der Waals surface area contributed by atoms with E-state index in [1.165, 1.54) is 4.90 Å². The Morgan fingerprint density at radius 3 is 2.56 bits per heavy atom. The lowest BCUT2D eigenvalue weighted by molar-refractivity contribution is -0.123. The molecular weight excluding hydrogens is 426 g/mol. The van der Waals surface area contributed by atoms with Gasteiger partial charge in [-0.2, -0.15) is 0 Å². The van der Waals surface area contributed by atoms with Crippen molar-refractivity contribution < 1.29 is 14.3 Å². The van der Waals surface area contributed by atoms with E-state index in [9.17, 15) is 9.59 Å². The van der Waals surface area contributed by atoms with E-state index in [0.29, 0.717) is 17.4 Å². The average Bonchev–Trinajstić information content (AvgIpc) is 2.89. The van der Waals surface area contributed by atoms with Gasteiger partial charge in [-0.05, 0) is 62.9 Å². The van der Waals surface area contributed by atoms with E-state index in [4.69, 9.17) is 4.74 Å². The molecule has 27 heavy (non-hydrogen) atoms. The molecular formula is C21H20BrNO3S. The Balaban J connectivity index is 1.74. The van der Waals surface area contributed by atoms with Crippen LogP contribution in [0.25, 0.3) is 6.08 Å². The number of rotatable bonds is 6. The van der Waals surface area contributed by atoms with E-state index in [2.05, 4.69) is 29.8 Å². The lowest BCUT2D eigenvalue weighted by atomic mass is 10.2. The summed E-state index contributed by atoms with van der Waals surface area (Å²) in [6.45, 7) is 5.10. The van der Waals surface area contributed by atoms with Crippen molar-refractivity contribution in [1.82, 2.24) is 4.90 Å². The quantitative estimate of drug-likeness (QED) is 0.533. The van der Waals surface area contributed by atoms with Gasteiger partial charge in [0.25, 0.3) is 11.1 Å². The van der Waals surface area contributed by atoms with Crippen LogP contribution in [0.15, 0.2) is 57.9 Å². The van der Waals surface area contributed by atoms with Gasteiger partial charge in [0.15, 0.2) is 0 Å². The van der Waals surface area contributed by atoms with E-state index in [-0.39, 0.29) is 17.7 Å². The van der Waals surface area contributed by atoms with Crippen LogP contribution < -0.4 is 4.74 Å². The number of halogens is 1. The summed E-state index contributed by atoms with van der Waals surface area (Å²) in [5.41, 5.74) is 1.76. The molecule has 1 heterocycles. The van der Waals surface area contributed by atoms with Gasteiger partial charge in [0.2, 0.25) is 0 Å². The van der Waals surface area contributed by atoms with Gasteiger partial charge >= 0.3 is 0 Å². The number of ether oxygens (including phenoxy) is 1. The molecule has 0 atom stereocenters. The standard InChI is InChI=1S/C21H20BrNO3S/c1-14(2)13-26-18-9-8-16(10-17(18)22)11-19-20(24)23(21(25)27-19)12-15-6-4-3-5-7-15/h3-11,14H,12-13H2,1-2H3/b19-11+. The fraction of sp³-hybridized carbons (Fsp3) is 0.238. The third kappa shape index (κ3) is 5.02. The summed E-state index contributed by atoms with van der Waals surface area (Å²) in [5, 5.41) is -0.244. The number of carbonyl (C=O) groups is 2. The maximum Gasteiger partial charge on any atom is 0.293 e. The van der Waals surface area contributed by atoms with Crippen molar-refractivity contribution in [2.45, 2.75) is 20.4 Å². The molecule has 1 aliphatic rings. The van der Waals surface area contributed by atoms with E-state index >= 15 is 0 Å². The van der Waals surface area contributed by atoms with E-state index in [1.807, 2.05) is 48.5 Å². The molecule has 0 spiro atoms. The number of imide groups is 1. The molecule has 6 heteroatoms. The molecule has 2 aromatic rings. The molecule has 1 aliphatic heterocycles. The van der Waals surface area contributed by atoms with Crippen molar-refractivity contribution in [3.63, 3.8) is 0 Å². The summed E-state index contributed by atoms with van der Waals surface area (Å²) in [6, 6.07) is 15.1. The third-order valence-electron chi connectivity index (χ3n) is 3.88. The molecule has 0 aliphatic carbocycles. The van der Waals surface area contributed by atoms with Crippen LogP contribution in [0.1, 0.15) is 25.0 Å². The predicted molar refractivity (Wildman–Crippen MR) is 112 cm³/mol. The molecule has 2 aromatic carbocycles. The van der Waals surface area contributed by atoms with Crippen molar-refractivity contribution in [2.75, 3.05) is 6.61 Å². The summed E-state index contributed by atoms with van der Waals surface area (Å²) in [7, 11) is 0. The monoisotopic (exact) mass is 445 g/mol. The second-order valence-corrected chi connectivity index (χ2v) is 8.50.